The summed E-state index contributed by atoms with van der Waals surface area (Å²) in [5.74, 6) is -0.339. The number of alkyl carbamates (subject to hydrolysis) is 1. The number of rotatable bonds is 8. The quantitative estimate of drug-likeness (QED) is 0.518. The second kappa shape index (κ2) is 10.6. The zero-order chi connectivity index (χ0) is 21.3. The van der Waals surface area contributed by atoms with Gasteiger partial charge in [-0.2, -0.15) is 0 Å². The SMILES string of the molecule is CCOC(=O)/C(C)=C/c1ccc(N(CC)CCNC(=O)OC(C)(C)C)cc1O. The van der Waals surface area contributed by atoms with E-state index in [0.717, 1.165) is 5.69 Å². The maximum atomic E-state index is 11.7. The van der Waals surface area contributed by atoms with E-state index in [1.165, 1.54) is 0 Å². The highest BCUT2D eigenvalue weighted by molar-refractivity contribution is 5.93. The summed E-state index contributed by atoms with van der Waals surface area (Å²) in [6.45, 7) is 12.8. The van der Waals surface area contributed by atoms with Crippen molar-refractivity contribution < 1.29 is 24.2 Å². The molecule has 0 aromatic heterocycles. The molecule has 0 bridgehead atoms. The van der Waals surface area contributed by atoms with Gasteiger partial charge in [0, 0.05) is 42.5 Å². The molecule has 0 aliphatic heterocycles. The zero-order valence-corrected chi connectivity index (χ0v) is 17.7. The minimum absolute atomic E-state index is 0.0692. The van der Waals surface area contributed by atoms with Crippen LogP contribution in [0.2, 0.25) is 0 Å². The standard InChI is InChI=1S/C21H32N2O5/c1-7-23(12-11-22-20(26)28-21(4,5)6)17-10-9-16(18(24)14-17)13-15(3)19(25)27-8-2/h9-10,13-14,24H,7-8,11-12H2,1-6H3,(H,22,26)/b15-13+. The van der Waals surface area contributed by atoms with Crippen LogP contribution >= 0.6 is 0 Å². The highest BCUT2D eigenvalue weighted by Gasteiger charge is 2.16. The minimum atomic E-state index is -0.536. The molecule has 1 aromatic carbocycles. The van der Waals surface area contributed by atoms with E-state index in [9.17, 15) is 14.7 Å². The maximum Gasteiger partial charge on any atom is 0.407 e. The highest BCUT2D eigenvalue weighted by Crippen LogP contribution is 2.26. The van der Waals surface area contributed by atoms with Crippen molar-refractivity contribution in [2.75, 3.05) is 31.1 Å². The van der Waals surface area contributed by atoms with Crippen molar-refractivity contribution in [3.05, 3.63) is 29.3 Å². The Labute approximate surface area is 167 Å². The van der Waals surface area contributed by atoms with Gasteiger partial charge in [-0.15, -0.1) is 0 Å². The molecule has 156 valence electrons. The number of carbonyl (C=O) groups is 2. The number of hydrogen-bond donors (Lipinski definition) is 2. The predicted molar refractivity (Wildman–Crippen MR) is 111 cm³/mol. The van der Waals surface area contributed by atoms with Crippen molar-refractivity contribution in [3.8, 4) is 5.75 Å². The van der Waals surface area contributed by atoms with E-state index in [1.807, 2.05) is 38.7 Å². The van der Waals surface area contributed by atoms with Crippen LogP contribution in [0.4, 0.5) is 10.5 Å². The first-order valence-corrected chi connectivity index (χ1v) is 9.47. The van der Waals surface area contributed by atoms with Crippen LogP contribution in [0.1, 0.15) is 47.1 Å². The number of likely N-dealkylation sites (N-methyl/N-ethyl adjacent to an activating group) is 1. The number of hydrogen-bond acceptors (Lipinski definition) is 6. The molecular weight excluding hydrogens is 360 g/mol. The fraction of sp³-hybridized carbons (Fsp3) is 0.524. The van der Waals surface area contributed by atoms with Crippen LogP contribution in [0.3, 0.4) is 0 Å². The lowest BCUT2D eigenvalue weighted by molar-refractivity contribution is -0.138. The monoisotopic (exact) mass is 392 g/mol. The first kappa shape index (κ1) is 23.3. The van der Waals surface area contributed by atoms with Crippen molar-refractivity contribution in [2.24, 2.45) is 0 Å². The first-order valence-electron chi connectivity index (χ1n) is 9.47. The van der Waals surface area contributed by atoms with Gasteiger partial charge in [-0.1, -0.05) is 0 Å². The Balaban J connectivity index is 2.75. The molecule has 1 rings (SSSR count). The van der Waals surface area contributed by atoms with E-state index < -0.39 is 17.7 Å². The Bertz CT molecular complexity index is 707. The Kier molecular flexibility index (Phi) is 8.82. The van der Waals surface area contributed by atoms with Crippen LogP contribution < -0.4 is 10.2 Å². The summed E-state index contributed by atoms with van der Waals surface area (Å²) in [6, 6.07) is 5.25. The van der Waals surface area contributed by atoms with Gasteiger partial charge in [-0.3, -0.25) is 0 Å². The number of carbonyl (C=O) groups excluding carboxylic acids is 2. The molecular formula is C21H32N2O5. The van der Waals surface area contributed by atoms with Gasteiger partial charge >= 0.3 is 12.1 Å². The van der Waals surface area contributed by atoms with Crippen molar-refractivity contribution >= 4 is 23.8 Å². The molecule has 28 heavy (non-hydrogen) atoms. The number of benzene rings is 1. The number of anilines is 1. The van der Waals surface area contributed by atoms with Gasteiger partial charge in [0.25, 0.3) is 0 Å². The summed E-state index contributed by atoms with van der Waals surface area (Å²) in [5, 5.41) is 13.0. The topological polar surface area (TPSA) is 88.1 Å². The molecule has 2 N–H and O–H groups in total. The van der Waals surface area contributed by atoms with Crippen molar-refractivity contribution in [2.45, 2.75) is 47.1 Å². The summed E-state index contributed by atoms with van der Waals surface area (Å²) in [7, 11) is 0. The number of phenolic OH excluding ortho intramolecular Hbond substituents is 1. The van der Waals surface area contributed by atoms with Crippen LogP contribution in [-0.4, -0.2) is 49.0 Å². The number of phenols is 1. The number of nitrogens with zero attached hydrogens (tertiary/aromatic N) is 1. The van der Waals surface area contributed by atoms with Gasteiger partial charge < -0.3 is 24.8 Å². The van der Waals surface area contributed by atoms with Gasteiger partial charge in [0.2, 0.25) is 0 Å². The number of esters is 1. The Hall–Kier alpha value is -2.70. The number of nitrogens with one attached hydrogen (secondary N) is 1. The summed E-state index contributed by atoms with van der Waals surface area (Å²) in [4.78, 5) is 25.5. The van der Waals surface area contributed by atoms with Crippen LogP contribution in [0.15, 0.2) is 23.8 Å². The van der Waals surface area contributed by atoms with Gasteiger partial charge in [0.05, 0.1) is 6.61 Å². The molecule has 7 nitrogen and oxygen atoms in total. The molecule has 0 fully saturated rings. The molecule has 0 atom stereocenters. The summed E-state index contributed by atoms with van der Waals surface area (Å²) in [5.41, 5.74) is 1.23. The minimum Gasteiger partial charge on any atom is -0.507 e. The van der Waals surface area contributed by atoms with Crippen molar-refractivity contribution in [1.29, 1.82) is 0 Å². The lowest BCUT2D eigenvalue weighted by Gasteiger charge is -2.24. The van der Waals surface area contributed by atoms with Crippen LogP contribution in [0.25, 0.3) is 6.08 Å². The molecule has 0 unspecified atom stereocenters. The molecule has 0 heterocycles. The number of ether oxygens (including phenoxy) is 2. The average Bonchev–Trinajstić information content (AvgIpc) is 2.59. The highest BCUT2D eigenvalue weighted by atomic mass is 16.6. The van der Waals surface area contributed by atoms with E-state index in [2.05, 4.69) is 5.32 Å². The van der Waals surface area contributed by atoms with Crippen LogP contribution in [0.5, 0.6) is 5.75 Å². The van der Waals surface area contributed by atoms with E-state index in [4.69, 9.17) is 9.47 Å². The largest absolute Gasteiger partial charge is 0.507 e. The van der Waals surface area contributed by atoms with Crippen LogP contribution in [-0.2, 0) is 14.3 Å². The maximum absolute atomic E-state index is 11.7. The normalized spacial score (nSPS) is 11.7. The molecule has 7 heteroatoms. The van der Waals surface area contributed by atoms with Crippen LogP contribution in [0, 0.1) is 0 Å². The van der Waals surface area contributed by atoms with Gasteiger partial charge in [0.15, 0.2) is 0 Å². The van der Waals surface area contributed by atoms with Crippen molar-refractivity contribution in [1.82, 2.24) is 5.32 Å². The molecule has 0 aliphatic carbocycles. The third-order valence-corrected chi connectivity index (χ3v) is 3.78. The molecule has 0 saturated heterocycles. The van der Waals surface area contributed by atoms with Gasteiger partial charge in [-0.25, -0.2) is 9.59 Å². The second-order valence-electron chi connectivity index (χ2n) is 7.30. The Morgan fingerprint density at radius 3 is 2.46 bits per heavy atom. The molecule has 0 aliphatic rings. The zero-order valence-electron chi connectivity index (χ0n) is 17.7. The predicted octanol–water partition coefficient (Wildman–Crippen LogP) is 3.71. The number of aromatic hydroxyl groups is 1. The molecule has 0 spiro atoms. The van der Waals surface area contributed by atoms with E-state index >= 15 is 0 Å². The molecule has 1 aromatic rings. The van der Waals surface area contributed by atoms with Gasteiger partial charge in [0.1, 0.15) is 11.4 Å². The first-order chi connectivity index (χ1) is 13.1. The summed E-state index contributed by atoms with van der Waals surface area (Å²) in [6.07, 6.45) is 1.14. The number of amides is 1. The summed E-state index contributed by atoms with van der Waals surface area (Å²) >= 11 is 0. The van der Waals surface area contributed by atoms with E-state index in [1.54, 1.807) is 32.1 Å². The molecule has 0 radical (unpaired) electrons. The Morgan fingerprint density at radius 2 is 1.93 bits per heavy atom. The lowest BCUT2D eigenvalue weighted by atomic mass is 10.1. The fourth-order valence-electron chi connectivity index (χ4n) is 2.46. The smallest absolute Gasteiger partial charge is 0.407 e. The van der Waals surface area contributed by atoms with Crippen molar-refractivity contribution in [3.63, 3.8) is 0 Å². The van der Waals surface area contributed by atoms with Gasteiger partial charge in [-0.05, 0) is 59.8 Å². The lowest BCUT2D eigenvalue weighted by Crippen LogP contribution is -2.38. The molecule has 1 amide bonds. The van der Waals surface area contributed by atoms with E-state index in [0.29, 0.717) is 37.4 Å². The molecule has 0 saturated carbocycles. The van der Waals surface area contributed by atoms with E-state index in [-0.39, 0.29) is 5.75 Å². The summed E-state index contributed by atoms with van der Waals surface area (Å²) < 4.78 is 10.2. The second-order valence-corrected chi connectivity index (χ2v) is 7.30. The fourth-order valence-corrected chi connectivity index (χ4v) is 2.46. The third kappa shape index (κ3) is 7.90. The average molecular weight is 392 g/mol. The third-order valence-electron chi connectivity index (χ3n) is 3.78. The Morgan fingerprint density at radius 1 is 1.25 bits per heavy atom.